The fourth-order valence-corrected chi connectivity index (χ4v) is 2.74. The van der Waals surface area contributed by atoms with Gasteiger partial charge in [0.2, 0.25) is 0 Å². The average Bonchev–Trinajstić information content (AvgIpc) is 3.24. The Bertz CT molecular complexity index is 553. The highest BCUT2D eigenvalue weighted by atomic mass is 32.2. The number of aromatic nitrogens is 2. The molecule has 0 spiro atoms. The predicted molar refractivity (Wildman–Crippen MR) is 78.7 cm³/mol. The summed E-state index contributed by atoms with van der Waals surface area (Å²) in [5, 5.41) is 4.32. The van der Waals surface area contributed by atoms with Crippen molar-refractivity contribution >= 4 is 17.6 Å². The largest absolute Gasteiger partial charge is 0.370 e. The molecule has 1 aromatic heterocycles. The van der Waals surface area contributed by atoms with Crippen LogP contribution in [-0.4, -0.2) is 16.5 Å². The van der Waals surface area contributed by atoms with Crippen molar-refractivity contribution in [3.8, 4) is 0 Å². The molecule has 0 aliphatic heterocycles. The van der Waals surface area contributed by atoms with E-state index in [0.717, 1.165) is 23.2 Å². The highest BCUT2D eigenvalue weighted by Gasteiger charge is 2.27. The van der Waals surface area contributed by atoms with Crippen LogP contribution in [0.2, 0.25) is 0 Å². The van der Waals surface area contributed by atoms with Crippen LogP contribution in [0, 0.1) is 0 Å². The molecule has 0 atom stereocenters. The summed E-state index contributed by atoms with van der Waals surface area (Å²) in [4.78, 5) is 10.5. The molecule has 1 aliphatic rings. The Morgan fingerprint density at radius 1 is 1.21 bits per heavy atom. The van der Waals surface area contributed by atoms with E-state index in [1.807, 2.05) is 12.1 Å². The van der Waals surface area contributed by atoms with Crippen molar-refractivity contribution in [2.75, 3.05) is 11.9 Å². The fraction of sp³-hybridized carbons (Fsp3) is 0.333. The number of rotatable bonds is 5. The molecule has 3 nitrogen and oxygen atoms in total. The van der Waals surface area contributed by atoms with Gasteiger partial charge in [0.15, 0.2) is 0 Å². The quantitative estimate of drug-likeness (QED) is 0.836. The van der Waals surface area contributed by atoms with Crippen LogP contribution in [0.15, 0.2) is 46.3 Å². The van der Waals surface area contributed by atoms with E-state index in [1.54, 1.807) is 11.8 Å². The topological polar surface area (TPSA) is 37.8 Å². The van der Waals surface area contributed by atoms with Crippen molar-refractivity contribution < 1.29 is 0 Å². The number of anilines is 1. The zero-order chi connectivity index (χ0) is 13.1. The molecule has 0 radical (unpaired) electrons. The van der Waals surface area contributed by atoms with Crippen LogP contribution in [0.1, 0.15) is 31.5 Å². The third-order valence-electron chi connectivity index (χ3n) is 2.99. The maximum atomic E-state index is 4.68. The molecule has 0 saturated heterocycles. The lowest BCUT2D eigenvalue weighted by molar-refractivity contribution is 0.877. The standard InChI is InChI=1S/C15H17N3S/c1-2-16-13-10-14(18-15(17-13)11-8-9-11)19-12-6-4-3-5-7-12/h3-7,10-11H,2,8-9H2,1H3,(H,16,17,18). The minimum Gasteiger partial charge on any atom is -0.370 e. The van der Waals surface area contributed by atoms with E-state index in [4.69, 9.17) is 0 Å². The van der Waals surface area contributed by atoms with Crippen LogP contribution in [0.3, 0.4) is 0 Å². The number of hydrogen-bond acceptors (Lipinski definition) is 4. The first-order chi connectivity index (χ1) is 9.35. The van der Waals surface area contributed by atoms with Gasteiger partial charge in [-0.15, -0.1) is 0 Å². The fourth-order valence-electron chi connectivity index (χ4n) is 1.90. The first-order valence-corrected chi connectivity index (χ1v) is 7.52. The molecule has 0 unspecified atom stereocenters. The third-order valence-corrected chi connectivity index (χ3v) is 3.91. The van der Waals surface area contributed by atoms with Crippen molar-refractivity contribution in [2.24, 2.45) is 0 Å². The van der Waals surface area contributed by atoms with Gasteiger partial charge >= 0.3 is 0 Å². The van der Waals surface area contributed by atoms with E-state index in [2.05, 4.69) is 46.5 Å². The van der Waals surface area contributed by atoms with Gasteiger partial charge in [-0.1, -0.05) is 30.0 Å². The maximum Gasteiger partial charge on any atom is 0.135 e. The number of nitrogens with zero attached hydrogens (tertiary/aromatic N) is 2. The van der Waals surface area contributed by atoms with Crippen molar-refractivity contribution in [3.05, 3.63) is 42.2 Å². The van der Waals surface area contributed by atoms with Gasteiger partial charge in [0, 0.05) is 23.4 Å². The summed E-state index contributed by atoms with van der Waals surface area (Å²) in [6, 6.07) is 12.4. The Hall–Kier alpha value is -1.55. The van der Waals surface area contributed by atoms with E-state index in [-0.39, 0.29) is 0 Å². The van der Waals surface area contributed by atoms with E-state index in [0.29, 0.717) is 5.92 Å². The zero-order valence-electron chi connectivity index (χ0n) is 11.0. The van der Waals surface area contributed by atoms with Crippen molar-refractivity contribution in [1.29, 1.82) is 0 Å². The van der Waals surface area contributed by atoms with E-state index >= 15 is 0 Å². The molecule has 0 amide bonds. The van der Waals surface area contributed by atoms with E-state index in [9.17, 15) is 0 Å². The van der Waals surface area contributed by atoms with Crippen molar-refractivity contribution in [2.45, 2.75) is 35.6 Å². The lowest BCUT2D eigenvalue weighted by atomic mass is 10.4. The van der Waals surface area contributed by atoms with Crippen LogP contribution in [0.5, 0.6) is 0 Å². The summed E-state index contributed by atoms with van der Waals surface area (Å²) >= 11 is 1.70. The molecular weight excluding hydrogens is 254 g/mol. The number of benzene rings is 1. The van der Waals surface area contributed by atoms with Gasteiger partial charge in [-0.2, -0.15) is 0 Å². The second-order valence-electron chi connectivity index (χ2n) is 4.67. The molecule has 1 saturated carbocycles. The van der Waals surface area contributed by atoms with Gasteiger partial charge in [0.25, 0.3) is 0 Å². The number of hydrogen-bond donors (Lipinski definition) is 1. The normalized spacial score (nSPS) is 14.4. The van der Waals surface area contributed by atoms with E-state index < -0.39 is 0 Å². The Kier molecular flexibility index (Phi) is 3.69. The summed E-state index contributed by atoms with van der Waals surface area (Å²) in [7, 11) is 0. The smallest absolute Gasteiger partial charge is 0.135 e. The lowest BCUT2D eigenvalue weighted by Crippen LogP contribution is -2.03. The molecule has 98 valence electrons. The van der Waals surface area contributed by atoms with Crippen LogP contribution < -0.4 is 5.32 Å². The number of nitrogens with one attached hydrogen (secondary N) is 1. The van der Waals surface area contributed by atoms with Gasteiger partial charge in [0.1, 0.15) is 16.7 Å². The third kappa shape index (κ3) is 3.26. The van der Waals surface area contributed by atoms with Gasteiger partial charge < -0.3 is 5.32 Å². The lowest BCUT2D eigenvalue weighted by Gasteiger charge is -2.08. The molecule has 1 heterocycles. The van der Waals surface area contributed by atoms with E-state index in [1.165, 1.54) is 17.7 Å². The summed E-state index contributed by atoms with van der Waals surface area (Å²) in [5.41, 5.74) is 0. The van der Waals surface area contributed by atoms with Crippen LogP contribution >= 0.6 is 11.8 Å². The zero-order valence-corrected chi connectivity index (χ0v) is 11.8. The Labute approximate surface area is 117 Å². The van der Waals surface area contributed by atoms with Crippen molar-refractivity contribution in [3.63, 3.8) is 0 Å². The maximum absolute atomic E-state index is 4.68. The molecule has 19 heavy (non-hydrogen) atoms. The SMILES string of the molecule is CCNc1cc(Sc2ccccc2)nc(C2CC2)n1. The van der Waals surface area contributed by atoms with Crippen LogP contribution in [-0.2, 0) is 0 Å². The second-order valence-corrected chi connectivity index (χ2v) is 5.76. The summed E-state index contributed by atoms with van der Waals surface area (Å²) in [6.45, 7) is 2.97. The molecule has 1 fully saturated rings. The van der Waals surface area contributed by atoms with Gasteiger partial charge in [-0.25, -0.2) is 9.97 Å². The minimum atomic E-state index is 0.578. The summed E-state index contributed by atoms with van der Waals surface area (Å²) in [6.07, 6.45) is 2.45. The van der Waals surface area contributed by atoms with Crippen LogP contribution in [0.4, 0.5) is 5.82 Å². The molecule has 0 bridgehead atoms. The molecule has 1 aromatic carbocycles. The van der Waals surface area contributed by atoms with Crippen molar-refractivity contribution in [1.82, 2.24) is 9.97 Å². The Morgan fingerprint density at radius 2 is 2.00 bits per heavy atom. The highest BCUT2D eigenvalue weighted by molar-refractivity contribution is 7.99. The minimum absolute atomic E-state index is 0.578. The first-order valence-electron chi connectivity index (χ1n) is 6.71. The molecule has 1 N–H and O–H groups in total. The van der Waals surface area contributed by atoms with Crippen LogP contribution in [0.25, 0.3) is 0 Å². The van der Waals surface area contributed by atoms with Gasteiger partial charge in [-0.05, 0) is 31.9 Å². The highest BCUT2D eigenvalue weighted by Crippen LogP contribution is 2.39. The monoisotopic (exact) mass is 271 g/mol. The molecule has 2 aromatic rings. The first kappa shape index (κ1) is 12.5. The molecular formula is C15H17N3S. The molecule has 3 rings (SSSR count). The summed E-state index contributed by atoms with van der Waals surface area (Å²) in [5.74, 6) is 2.52. The predicted octanol–water partition coefficient (Wildman–Crippen LogP) is 3.94. The average molecular weight is 271 g/mol. The molecule has 1 aliphatic carbocycles. The Balaban J connectivity index is 1.86. The van der Waals surface area contributed by atoms with Gasteiger partial charge in [0.05, 0.1) is 0 Å². The Morgan fingerprint density at radius 3 is 2.68 bits per heavy atom. The van der Waals surface area contributed by atoms with Gasteiger partial charge in [-0.3, -0.25) is 0 Å². The summed E-state index contributed by atoms with van der Waals surface area (Å²) < 4.78 is 0. The second kappa shape index (κ2) is 5.61. The molecule has 4 heteroatoms.